The second-order valence-corrected chi connectivity index (χ2v) is 11.7. The molecular formula is C28H34Cl2N4O2. The number of anilines is 1. The summed E-state index contributed by atoms with van der Waals surface area (Å²) >= 11 is 12.9. The number of carbonyl (C=O) groups excluding carboxylic acids is 2. The molecule has 1 aliphatic carbocycles. The molecule has 4 rings (SSSR count). The van der Waals surface area contributed by atoms with Crippen molar-refractivity contribution in [1.29, 1.82) is 0 Å². The maximum atomic E-state index is 13.7. The number of rotatable bonds is 6. The van der Waals surface area contributed by atoms with E-state index in [1.165, 1.54) is 6.92 Å². The number of hydrogen-bond acceptors (Lipinski definition) is 5. The summed E-state index contributed by atoms with van der Waals surface area (Å²) in [5.41, 5.74) is 3.75. The van der Waals surface area contributed by atoms with Gasteiger partial charge in [0.05, 0.1) is 23.3 Å². The highest BCUT2D eigenvalue weighted by atomic mass is 35.5. The second-order valence-electron chi connectivity index (χ2n) is 10.9. The monoisotopic (exact) mass is 528 g/mol. The van der Waals surface area contributed by atoms with Gasteiger partial charge in [-0.05, 0) is 61.3 Å². The molecule has 1 heterocycles. The highest BCUT2D eigenvalue weighted by Crippen LogP contribution is 2.49. The van der Waals surface area contributed by atoms with Crippen molar-refractivity contribution in [2.45, 2.75) is 46.2 Å². The smallest absolute Gasteiger partial charge is 0.224 e. The van der Waals surface area contributed by atoms with Gasteiger partial charge >= 0.3 is 0 Å². The number of benzene rings is 2. The van der Waals surface area contributed by atoms with Gasteiger partial charge in [0.25, 0.3) is 0 Å². The van der Waals surface area contributed by atoms with Gasteiger partial charge in [0, 0.05) is 48.7 Å². The number of nitrogens with one attached hydrogen (secondary N) is 1. The highest BCUT2D eigenvalue weighted by molar-refractivity contribution is 6.35. The number of carbonyl (C=O) groups is 2. The van der Waals surface area contributed by atoms with Gasteiger partial charge in [-0.2, -0.15) is 0 Å². The van der Waals surface area contributed by atoms with E-state index in [2.05, 4.69) is 24.1 Å². The van der Waals surface area contributed by atoms with Gasteiger partial charge in [-0.3, -0.25) is 14.6 Å². The number of ketones is 1. The molecule has 0 radical (unpaired) electrons. The predicted octanol–water partition coefficient (Wildman–Crippen LogP) is 5.83. The number of aliphatic imine (C=N–C) groups is 1. The maximum Gasteiger partial charge on any atom is 0.224 e. The normalized spacial score (nSPS) is 21.1. The molecule has 1 amide bonds. The predicted molar refractivity (Wildman–Crippen MR) is 148 cm³/mol. The molecule has 6 nitrogen and oxygen atoms in total. The molecule has 1 N–H and O–H groups in total. The molecule has 0 aromatic heterocycles. The van der Waals surface area contributed by atoms with Crippen LogP contribution in [0.2, 0.25) is 10.0 Å². The molecule has 1 aliphatic heterocycles. The molecule has 2 aromatic carbocycles. The zero-order chi connectivity index (χ0) is 26.2. The molecule has 0 spiro atoms. The van der Waals surface area contributed by atoms with Crippen molar-refractivity contribution in [3.63, 3.8) is 0 Å². The molecule has 1 fully saturated rings. The van der Waals surface area contributed by atoms with E-state index in [1.54, 1.807) is 17.0 Å². The van der Waals surface area contributed by atoms with Gasteiger partial charge in [-0.1, -0.05) is 49.2 Å². The van der Waals surface area contributed by atoms with E-state index in [0.29, 0.717) is 46.4 Å². The van der Waals surface area contributed by atoms with E-state index in [9.17, 15) is 9.59 Å². The quantitative estimate of drug-likeness (QED) is 0.479. The molecule has 2 aromatic rings. The Morgan fingerprint density at radius 2 is 1.92 bits per heavy atom. The average Bonchev–Trinajstić information content (AvgIpc) is 2.89. The first kappa shape index (κ1) is 26.8. The van der Waals surface area contributed by atoms with Crippen molar-refractivity contribution < 1.29 is 9.59 Å². The molecular weight excluding hydrogens is 495 g/mol. The van der Waals surface area contributed by atoms with Crippen LogP contribution in [-0.2, 0) is 16.1 Å². The largest absolute Gasteiger partial charge is 0.311 e. The maximum absolute atomic E-state index is 13.7. The lowest BCUT2D eigenvalue weighted by Gasteiger charge is -2.41. The van der Waals surface area contributed by atoms with Crippen LogP contribution in [0.4, 0.5) is 11.4 Å². The minimum Gasteiger partial charge on any atom is -0.311 e. The number of halogens is 2. The number of hydrogen-bond donors (Lipinski definition) is 1. The number of fused-ring (bicyclic) bond motifs is 2. The zero-order valence-corrected chi connectivity index (χ0v) is 23.1. The lowest BCUT2D eigenvalue weighted by atomic mass is 9.68. The number of amides is 1. The Kier molecular flexibility index (Phi) is 7.91. The first-order valence-electron chi connectivity index (χ1n) is 12.3. The van der Waals surface area contributed by atoms with Gasteiger partial charge in [0.15, 0.2) is 0 Å². The third-order valence-corrected chi connectivity index (χ3v) is 7.42. The minimum atomic E-state index is -0.597. The Morgan fingerprint density at radius 1 is 1.17 bits per heavy atom. The van der Waals surface area contributed by atoms with Gasteiger partial charge < -0.3 is 15.1 Å². The lowest BCUT2D eigenvalue weighted by Crippen LogP contribution is -2.47. The van der Waals surface area contributed by atoms with Crippen LogP contribution in [0.25, 0.3) is 0 Å². The van der Waals surface area contributed by atoms with Crippen LogP contribution in [0.5, 0.6) is 0 Å². The summed E-state index contributed by atoms with van der Waals surface area (Å²) in [5, 5.41) is 4.39. The van der Waals surface area contributed by atoms with Crippen LogP contribution in [-0.4, -0.2) is 49.5 Å². The van der Waals surface area contributed by atoms with Crippen molar-refractivity contribution >= 4 is 52.0 Å². The molecule has 2 aliphatic rings. The minimum absolute atomic E-state index is 0.0747. The Hall–Kier alpha value is -2.25. The molecule has 0 saturated heterocycles. The second kappa shape index (κ2) is 10.6. The fraction of sp³-hybridized carbons (Fsp3) is 0.464. The van der Waals surface area contributed by atoms with Crippen LogP contribution in [0, 0.1) is 11.3 Å². The molecule has 2 unspecified atom stereocenters. The third kappa shape index (κ3) is 5.67. The van der Waals surface area contributed by atoms with E-state index in [4.69, 9.17) is 28.2 Å². The molecule has 8 heteroatoms. The van der Waals surface area contributed by atoms with Gasteiger partial charge in [0.2, 0.25) is 5.91 Å². The summed E-state index contributed by atoms with van der Waals surface area (Å²) in [7, 11) is 4.09. The molecule has 192 valence electrons. The average molecular weight is 530 g/mol. The molecule has 2 atom stereocenters. The van der Waals surface area contributed by atoms with Crippen molar-refractivity contribution in [2.75, 3.05) is 32.1 Å². The van der Waals surface area contributed by atoms with E-state index < -0.39 is 12.0 Å². The Bertz CT molecular complexity index is 1210. The Morgan fingerprint density at radius 3 is 2.58 bits per heavy atom. The van der Waals surface area contributed by atoms with Crippen molar-refractivity contribution in [3.05, 3.63) is 57.6 Å². The van der Waals surface area contributed by atoms with Gasteiger partial charge in [-0.25, -0.2) is 0 Å². The highest BCUT2D eigenvalue weighted by Gasteiger charge is 2.47. The standard InChI is InChI=1S/C28H34Cl2N4O2/c1-17(35)34-24-9-6-18(16-31-10-11-33(4)5)12-22(24)32-23-14-28(2,3)15-25(36)26(23)27(34)20-8-7-19(29)13-21(20)30/h6-9,12-13,26-27,31H,10-11,14-16H2,1-5H3. The summed E-state index contributed by atoms with van der Waals surface area (Å²) in [6.45, 7) is 8.20. The van der Waals surface area contributed by atoms with Gasteiger partial charge in [0.1, 0.15) is 5.78 Å². The SMILES string of the molecule is CC(=O)N1c2ccc(CNCCN(C)C)cc2N=C2CC(C)(C)CC(=O)C2C1c1ccc(Cl)cc1Cl. The fourth-order valence-corrected chi connectivity index (χ4v) is 5.80. The van der Waals surface area contributed by atoms with E-state index in [1.807, 2.05) is 38.4 Å². The zero-order valence-electron chi connectivity index (χ0n) is 21.6. The van der Waals surface area contributed by atoms with Gasteiger partial charge in [-0.15, -0.1) is 0 Å². The first-order chi connectivity index (χ1) is 17.0. The van der Waals surface area contributed by atoms with Crippen molar-refractivity contribution in [2.24, 2.45) is 16.3 Å². The number of likely N-dealkylation sites (N-methyl/N-ethyl adjacent to an activating group) is 1. The Balaban J connectivity index is 1.84. The summed E-state index contributed by atoms with van der Waals surface area (Å²) < 4.78 is 0. The third-order valence-electron chi connectivity index (χ3n) is 6.86. The summed E-state index contributed by atoms with van der Waals surface area (Å²) in [4.78, 5) is 35.8. The summed E-state index contributed by atoms with van der Waals surface area (Å²) in [6, 6.07) is 10.6. The topological polar surface area (TPSA) is 65.0 Å². The van der Waals surface area contributed by atoms with Crippen LogP contribution in [0.15, 0.2) is 41.4 Å². The van der Waals surface area contributed by atoms with Crippen LogP contribution >= 0.6 is 23.2 Å². The summed E-state index contributed by atoms with van der Waals surface area (Å²) in [6.07, 6.45) is 1.09. The van der Waals surface area contributed by atoms with E-state index in [0.717, 1.165) is 24.4 Å². The van der Waals surface area contributed by atoms with Crippen molar-refractivity contribution in [3.8, 4) is 0 Å². The van der Waals surface area contributed by atoms with E-state index >= 15 is 0 Å². The molecule has 36 heavy (non-hydrogen) atoms. The number of nitrogens with zero attached hydrogens (tertiary/aromatic N) is 3. The fourth-order valence-electron chi connectivity index (χ4n) is 5.28. The lowest BCUT2D eigenvalue weighted by molar-refractivity contribution is -0.124. The van der Waals surface area contributed by atoms with Crippen LogP contribution < -0.4 is 10.2 Å². The first-order valence-corrected chi connectivity index (χ1v) is 13.1. The number of Topliss-reactive ketones (excluding diaryl/α,β-unsaturated/α-hetero) is 1. The summed E-state index contributed by atoms with van der Waals surface area (Å²) in [5.74, 6) is -0.668. The van der Waals surface area contributed by atoms with Crippen molar-refractivity contribution in [1.82, 2.24) is 10.2 Å². The Labute approximate surface area is 223 Å². The van der Waals surface area contributed by atoms with E-state index in [-0.39, 0.29) is 17.1 Å². The van der Waals surface area contributed by atoms with Crippen LogP contribution in [0.1, 0.15) is 50.8 Å². The molecule has 1 saturated carbocycles. The van der Waals surface area contributed by atoms with Crippen LogP contribution in [0.3, 0.4) is 0 Å². The molecule has 0 bridgehead atoms.